The molecule has 0 unspecified atom stereocenters. The van der Waals surface area contributed by atoms with Gasteiger partial charge in [0.2, 0.25) is 0 Å². The fourth-order valence-corrected chi connectivity index (χ4v) is 1.95. The number of carbonyl (C=O) groups is 1. The first-order valence-electron chi connectivity index (χ1n) is 6.31. The molecule has 3 nitrogen and oxygen atoms in total. The van der Waals surface area contributed by atoms with Gasteiger partial charge in [-0.3, -0.25) is 14.8 Å². The van der Waals surface area contributed by atoms with E-state index >= 15 is 0 Å². The number of hydrogen-bond acceptors (Lipinski definition) is 3. The zero-order valence-corrected chi connectivity index (χ0v) is 10.7. The van der Waals surface area contributed by atoms with E-state index in [-0.39, 0.29) is 5.78 Å². The summed E-state index contributed by atoms with van der Waals surface area (Å²) in [6.45, 7) is 0. The van der Waals surface area contributed by atoms with Crippen LogP contribution in [0.5, 0.6) is 0 Å². The zero-order valence-electron chi connectivity index (χ0n) is 10.7. The summed E-state index contributed by atoms with van der Waals surface area (Å²) in [6, 6.07) is 14.9. The molecule has 1 heterocycles. The number of rotatable bonds is 3. The molecule has 0 aliphatic heterocycles. The van der Waals surface area contributed by atoms with Crippen molar-refractivity contribution in [2.45, 2.75) is 0 Å². The Morgan fingerprint density at radius 2 is 1.65 bits per heavy atom. The molecular weight excluding hydrogens is 248 g/mol. The minimum absolute atomic E-state index is 0.00940. The molecule has 0 saturated carbocycles. The molecule has 20 heavy (non-hydrogen) atoms. The highest BCUT2D eigenvalue weighted by molar-refractivity contribution is 6.06. The number of ketones is 1. The van der Waals surface area contributed by atoms with Crippen molar-refractivity contribution in [1.82, 2.24) is 9.97 Å². The molecule has 2 aromatic carbocycles. The van der Waals surface area contributed by atoms with Crippen LogP contribution in [0.1, 0.15) is 15.9 Å². The molecule has 96 valence electrons. The van der Waals surface area contributed by atoms with Gasteiger partial charge in [-0.1, -0.05) is 42.5 Å². The SMILES string of the molecule is O=C(C=Cc1ccc2nccnc2c1)c1ccccc1. The smallest absolute Gasteiger partial charge is 0.185 e. The van der Waals surface area contributed by atoms with Crippen molar-refractivity contribution in [3.63, 3.8) is 0 Å². The standard InChI is InChI=1S/C17H12N2O/c20-17(14-4-2-1-3-5-14)9-7-13-6-8-15-16(12-13)19-11-10-18-15/h1-12H. The molecule has 0 bridgehead atoms. The van der Waals surface area contributed by atoms with E-state index < -0.39 is 0 Å². The maximum atomic E-state index is 12.0. The van der Waals surface area contributed by atoms with Crippen LogP contribution in [0.25, 0.3) is 17.1 Å². The van der Waals surface area contributed by atoms with Crippen LogP contribution in [0.4, 0.5) is 0 Å². The fraction of sp³-hybridized carbons (Fsp3) is 0. The summed E-state index contributed by atoms with van der Waals surface area (Å²) >= 11 is 0. The van der Waals surface area contributed by atoms with Gasteiger partial charge in [-0.2, -0.15) is 0 Å². The third kappa shape index (κ3) is 2.62. The topological polar surface area (TPSA) is 42.9 Å². The van der Waals surface area contributed by atoms with E-state index in [4.69, 9.17) is 0 Å². The highest BCUT2D eigenvalue weighted by atomic mass is 16.1. The average molecular weight is 260 g/mol. The molecule has 3 aromatic rings. The maximum Gasteiger partial charge on any atom is 0.185 e. The second-order valence-electron chi connectivity index (χ2n) is 4.37. The summed E-state index contributed by atoms with van der Waals surface area (Å²) in [7, 11) is 0. The Kier molecular flexibility index (Phi) is 3.33. The second-order valence-corrected chi connectivity index (χ2v) is 4.37. The van der Waals surface area contributed by atoms with E-state index in [1.54, 1.807) is 36.7 Å². The van der Waals surface area contributed by atoms with Gasteiger partial charge < -0.3 is 0 Å². The largest absolute Gasteiger partial charge is 0.289 e. The summed E-state index contributed by atoms with van der Waals surface area (Å²) in [5, 5.41) is 0. The number of nitrogens with zero attached hydrogens (tertiary/aromatic N) is 2. The van der Waals surface area contributed by atoms with E-state index in [1.807, 2.05) is 36.4 Å². The van der Waals surface area contributed by atoms with Crippen LogP contribution in [0.2, 0.25) is 0 Å². The Morgan fingerprint density at radius 1 is 0.900 bits per heavy atom. The van der Waals surface area contributed by atoms with Gasteiger partial charge in [0.05, 0.1) is 11.0 Å². The molecule has 1 aromatic heterocycles. The molecular formula is C17H12N2O. The van der Waals surface area contributed by atoms with Gasteiger partial charge in [-0.15, -0.1) is 0 Å². The van der Waals surface area contributed by atoms with Crippen molar-refractivity contribution in [1.29, 1.82) is 0 Å². The first-order chi connectivity index (χ1) is 9.83. The van der Waals surface area contributed by atoms with E-state index in [0.29, 0.717) is 5.56 Å². The minimum Gasteiger partial charge on any atom is -0.289 e. The van der Waals surface area contributed by atoms with Crippen molar-refractivity contribution in [3.8, 4) is 0 Å². The first kappa shape index (κ1) is 12.2. The molecule has 0 saturated heterocycles. The number of carbonyl (C=O) groups excluding carboxylic acids is 1. The van der Waals surface area contributed by atoms with Gasteiger partial charge in [-0.05, 0) is 23.8 Å². The Labute approximate surface area is 116 Å². The first-order valence-corrected chi connectivity index (χ1v) is 6.31. The third-order valence-corrected chi connectivity index (χ3v) is 2.98. The summed E-state index contributed by atoms with van der Waals surface area (Å²) < 4.78 is 0. The van der Waals surface area contributed by atoms with E-state index in [0.717, 1.165) is 16.6 Å². The molecule has 0 fully saturated rings. The van der Waals surface area contributed by atoms with Crippen LogP contribution >= 0.6 is 0 Å². The lowest BCUT2D eigenvalue weighted by atomic mass is 10.1. The van der Waals surface area contributed by atoms with Gasteiger partial charge in [0.15, 0.2) is 5.78 Å². The fourth-order valence-electron chi connectivity index (χ4n) is 1.95. The van der Waals surface area contributed by atoms with Crippen LogP contribution < -0.4 is 0 Å². The molecule has 3 heteroatoms. The van der Waals surface area contributed by atoms with Crippen LogP contribution in [-0.4, -0.2) is 15.8 Å². The number of benzene rings is 2. The predicted molar refractivity (Wildman–Crippen MR) is 79.3 cm³/mol. The molecule has 0 N–H and O–H groups in total. The Bertz CT molecular complexity index is 779. The third-order valence-electron chi connectivity index (χ3n) is 2.98. The summed E-state index contributed by atoms with van der Waals surface area (Å²) in [5.74, 6) is -0.00940. The van der Waals surface area contributed by atoms with Gasteiger partial charge in [-0.25, -0.2) is 0 Å². The van der Waals surface area contributed by atoms with Gasteiger partial charge >= 0.3 is 0 Å². The monoisotopic (exact) mass is 260 g/mol. The minimum atomic E-state index is -0.00940. The van der Waals surface area contributed by atoms with E-state index in [1.165, 1.54) is 0 Å². The highest BCUT2D eigenvalue weighted by Gasteiger charge is 2.00. The summed E-state index contributed by atoms with van der Waals surface area (Å²) in [6.07, 6.45) is 6.69. The Balaban J connectivity index is 1.85. The molecule has 0 spiro atoms. The van der Waals surface area contributed by atoms with Crippen molar-refractivity contribution in [2.24, 2.45) is 0 Å². The molecule has 0 atom stereocenters. The lowest BCUT2D eigenvalue weighted by molar-refractivity contribution is 0.104. The lowest BCUT2D eigenvalue weighted by Gasteiger charge is -1.98. The summed E-state index contributed by atoms with van der Waals surface area (Å²) in [5.41, 5.74) is 3.28. The van der Waals surface area contributed by atoms with Crippen molar-refractivity contribution >= 4 is 22.9 Å². The lowest BCUT2D eigenvalue weighted by Crippen LogP contribution is -1.92. The van der Waals surface area contributed by atoms with Crippen molar-refractivity contribution in [3.05, 3.63) is 78.1 Å². The quantitative estimate of drug-likeness (QED) is 0.534. The van der Waals surface area contributed by atoms with Gasteiger partial charge in [0, 0.05) is 18.0 Å². The van der Waals surface area contributed by atoms with E-state index in [2.05, 4.69) is 9.97 Å². The number of fused-ring (bicyclic) bond motifs is 1. The maximum absolute atomic E-state index is 12.0. The summed E-state index contributed by atoms with van der Waals surface area (Å²) in [4.78, 5) is 20.4. The number of allylic oxidation sites excluding steroid dienone is 1. The molecule has 0 radical (unpaired) electrons. The average Bonchev–Trinajstić information content (AvgIpc) is 2.53. The molecule has 0 amide bonds. The normalized spacial score (nSPS) is 11.0. The number of aromatic nitrogens is 2. The molecule has 3 rings (SSSR count). The zero-order chi connectivity index (χ0) is 13.8. The van der Waals surface area contributed by atoms with E-state index in [9.17, 15) is 4.79 Å². The molecule has 0 aliphatic carbocycles. The van der Waals surface area contributed by atoms with Crippen molar-refractivity contribution in [2.75, 3.05) is 0 Å². The Hall–Kier alpha value is -2.81. The Morgan fingerprint density at radius 3 is 2.45 bits per heavy atom. The van der Waals surface area contributed by atoms with Crippen LogP contribution in [0, 0.1) is 0 Å². The van der Waals surface area contributed by atoms with Gasteiger partial charge in [0.1, 0.15) is 0 Å². The number of hydrogen-bond donors (Lipinski definition) is 0. The molecule has 0 aliphatic rings. The van der Waals surface area contributed by atoms with Crippen LogP contribution in [0.3, 0.4) is 0 Å². The second kappa shape index (κ2) is 5.45. The van der Waals surface area contributed by atoms with Crippen LogP contribution in [0.15, 0.2) is 67.0 Å². The predicted octanol–water partition coefficient (Wildman–Crippen LogP) is 3.53. The van der Waals surface area contributed by atoms with Crippen molar-refractivity contribution < 1.29 is 4.79 Å². The highest BCUT2D eigenvalue weighted by Crippen LogP contribution is 2.12. The van der Waals surface area contributed by atoms with Gasteiger partial charge in [0.25, 0.3) is 0 Å². The van der Waals surface area contributed by atoms with Crippen LogP contribution in [-0.2, 0) is 0 Å².